The molecule has 2 aromatic carbocycles. The van der Waals surface area contributed by atoms with E-state index in [1.807, 2.05) is 43.3 Å². The first kappa shape index (κ1) is 15.5. The van der Waals surface area contributed by atoms with Crippen LogP contribution in [0, 0.1) is 12.7 Å². The summed E-state index contributed by atoms with van der Waals surface area (Å²) in [6.07, 6.45) is 2.00. The summed E-state index contributed by atoms with van der Waals surface area (Å²) in [5, 5.41) is 3.26. The quantitative estimate of drug-likeness (QED) is 0.739. The first-order valence-corrected chi connectivity index (χ1v) is 7.40. The van der Waals surface area contributed by atoms with E-state index in [9.17, 15) is 4.39 Å². The molecule has 0 atom stereocenters. The van der Waals surface area contributed by atoms with E-state index in [4.69, 9.17) is 4.74 Å². The molecule has 3 heteroatoms. The Balaban J connectivity index is 1.57. The second-order valence-corrected chi connectivity index (χ2v) is 5.09. The molecule has 0 aliphatic heterocycles. The fraction of sp³-hybridized carbons (Fsp3) is 0.333. The fourth-order valence-electron chi connectivity index (χ4n) is 2.12. The smallest absolute Gasteiger partial charge is 0.127 e. The number of ether oxygens (including phenoxy) is 1. The van der Waals surface area contributed by atoms with Crippen LogP contribution in [0.2, 0.25) is 0 Å². The number of hydrogen-bond acceptors (Lipinski definition) is 2. The van der Waals surface area contributed by atoms with Crippen molar-refractivity contribution >= 4 is 0 Å². The molecule has 2 nitrogen and oxygen atoms in total. The second-order valence-electron chi connectivity index (χ2n) is 5.09. The van der Waals surface area contributed by atoms with Crippen LogP contribution in [0.5, 0.6) is 5.75 Å². The molecule has 0 unspecified atom stereocenters. The summed E-state index contributed by atoms with van der Waals surface area (Å²) in [5.74, 6) is 0.810. The van der Waals surface area contributed by atoms with Crippen LogP contribution in [-0.2, 0) is 6.54 Å². The number of unbranched alkanes of at least 4 members (excludes halogenated alkanes) is 1. The lowest BCUT2D eigenvalue weighted by atomic mass is 10.2. The number of rotatable bonds is 8. The maximum absolute atomic E-state index is 13.4. The molecule has 0 aliphatic carbocycles. The second kappa shape index (κ2) is 8.42. The van der Waals surface area contributed by atoms with Gasteiger partial charge in [-0.15, -0.1) is 0 Å². The molecular formula is C18H22FNO. The van der Waals surface area contributed by atoms with Crippen LogP contribution in [0.4, 0.5) is 4.39 Å². The van der Waals surface area contributed by atoms with Gasteiger partial charge in [0.05, 0.1) is 6.61 Å². The van der Waals surface area contributed by atoms with E-state index < -0.39 is 0 Å². The highest BCUT2D eigenvalue weighted by molar-refractivity contribution is 5.31. The summed E-state index contributed by atoms with van der Waals surface area (Å²) in [5.41, 5.74) is 1.88. The van der Waals surface area contributed by atoms with E-state index in [0.717, 1.165) is 30.7 Å². The molecule has 1 N–H and O–H groups in total. The zero-order chi connectivity index (χ0) is 14.9. The van der Waals surface area contributed by atoms with Crippen LogP contribution in [0.1, 0.15) is 24.0 Å². The highest BCUT2D eigenvalue weighted by Crippen LogP contribution is 2.16. The number of nitrogens with one attached hydrogen (secondary N) is 1. The van der Waals surface area contributed by atoms with Gasteiger partial charge in [-0.3, -0.25) is 0 Å². The van der Waals surface area contributed by atoms with Gasteiger partial charge in [-0.25, -0.2) is 4.39 Å². The third kappa shape index (κ3) is 5.20. The minimum atomic E-state index is -0.145. The van der Waals surface area contributed by atoms with Gasteiger partial charge in [0.1, 0.15) is 11.6 Å². The standard InChI is InChI=1S/C18H22FNO/c1-15-8-2-5-11-18(15)21-13-7-6-12-20-14-16-9-3-4-10-17(16)19/h2-5,8-11,20H,6-7,12-14H2,1H3. The van der Waals surface area contributed by atoms with E-state index in [2.05, 4.69) is 5.32 Å². The van der Waals surface area contributed by atoms with Crippen molar-refractivity contribution in [2.45, 2.75) is 26.3 Å². The lowest BCUT2D eigenvalue weighted by molar-refractivity contribution is 0.304. The van der Waals surface area contributed by atoms with Crippen molar-refractivity contribution in [3.05, 3.63) is 65.5 Å². The van der Waals surface area contributed by atoms with Crippen molar-refractivity contribution in [1.82, 2.24) is 5.32 Å². The average molecular weight is 287 g/mol. The van der Waals surface area contributed by atoms with E-state index in [1.165, 1.54) is 6.07 Å². The number of para-hydroxylation sites is 1. The number of halogens is 1. The lowest BCUT2D eigenvalue weighted by Crippen LogP contribution is -2.16. The largest absolute Gasteiger partial charge is 0.493 e. The number of aryl methyl sites for hydroxylation is 1. The van der Waals surface area contributed by atoms with Gasteiger partial charge in [-0.2, -0.15) is 0 Å². The molecule has 2 rings (SSSR count). The molecule has 2 aromatic rings. The Morgan fingerprint density at radius 2 is 1.76 bits per heavy atom. The predicted molar refractivity (Wildman–Crippen MR) is 84.0 cm³/mol. The van der Waals surface area contributed by atoms with E-state index in [1.54, 1.807) is 6.07 Å². The number of benzene rings is 2. The Morgan fingerprint density at radius 1 is 1.00 bits per heavy atom. The maximum Gasteiger partial charge on any atom is 0.127 e. The van der Waals surface area contributed by atoms with Crippen LogP contribution in [0.15, 0.2) is 48.5 Å². The van der Waals surface area contributed by atoms with Gasteiger partial charge < -0.3 is 10.1 Å². The van der Waals surface area contributed by atoms with Gasteiger partial charge in [0.25, 0.3) is 0 Å². The van der Waals surface area contributed by atoms with Gasteiger partial charge in [0.2, 0.25) is 0 Å². The molecule has 0 saturated heterocycles. The van der Waals surface area contributed by atoms with Crippen molar-refractivity contribution < 1.29 is 9.13 Å². The van der Waals surface area contributed by atoms with Crippen molar-refractivity contribution in [2.24, 2.45) is 0 Å². The Kier molecular flexibility index (Phi) is 6.22. The maximum atomic E-state index is 13.4. The summed E-state index contributed by atoms with van der Waals surface area (Å²) in [6.45, 7) is 4.20. The van der Waals surface area contributed by atoms with Crippen molar-refractivity contribution in [2.75, 3.05) is 13.2 Å². The Morgan fingerprint density at radius 3 is 2.57 bits per heavy atom. The van der Waals surface area contributed by atoms with Crippen molar-refractivity contribution in [3.8, 4) is 5.75 Å². The van der Waals surface area contributed by atoms with E-state index >= 15 is 0 Å². The summed E-state index contributed by atoms with van der Waals surface area (Å²) in [7, 11) is 0. The summed E-state index contributed by atoms with van der Waals surface area (Å²) >= 11 is 0. The van der Waals surface area contributed by atoms with Crippen LogP contribution >= 0.6 is 0 Å². The van der Waals surface area contributed by atoms with Crippen LogP contribution in [-0.4, -0.2) is 13.2 Å². The molecule has 0 radical (unpaired) electrons. The van der Waals surface area contributed by atoms with Gasteiger partial charge in [-0.1, -0.05) is 36.4 Å². The minimum absolute atomic E-state index is 0.145. The van der Waals surface area contributed by atoms with E-state index in [-0.39, 0.29) is 5.82 Å². The highest BCUT2D eigenvalue weighted by atomic mass is 19.1. The molecule has 0 saturated carbocycles. The van der Waals surface area contributed by atoms with E-state index in [0.29, 0.717) is 18.7 Å². The Bertz CT molecular complexity index is 507. The molecule has 0 fully saturated rings. The number of hydrogen-bond donors (Lipinski definition) is 1. The third-order valence-corrected chi connectivity index (χ3v) is 3.37. The van der Waals surface area contributed by atoms with Crippen LogP contribution < -0.4 is 10.1 Å². The molecule has 112 valence electrons. The van der Waals surface area contributed by atoms with Crippen molar-refractivity contribution in [3.63, 3.8) is 0 Å². The zero-order valence-corrected chi connectivity index (χ0v) is 12.4. The minimum Gasteiger partial charge on any atom is -0.493 e. The zero-order valence-electron chi connectivity index (χ0n) is 12.4. The Labute approximate surface area is 126 Å². The SMILES string of the molecule is Cc1ccccc1OCCCCNCc1ccccc1F. The van der Waals surface area contributed by atoms with Gasteiger partial charge in [0.15, 0.2) is 0 Å². The molecule has 0 aliphatic rings. The molecule has 21 heavy (non-hydrogen) atoms. The lowest BCUT2D eigenvalue weighted by Gasteiger charge is -2.09. The van der Waals surface area contributed by atoms with Crippen LogP contribution in [0.25, 0.3) is 0 Å². The predicted octanol–water partition coefficient (Wildman–Crippen LogP) is 4.08. The highest BCUT2D eigenvalue weighted by Gasteiger charge is 2.00. The monoisotopic (exact) mass is 287 g/mol. The first-order valence-electron chi connectivity index (χ1n) is 7.40. The molecule has 0 amide bonds. The topological polar surface area (TPSA) is 21.3 Å². The summed E-state index contributed by atoms with van der Waals surface area (Å²) in [6, 6.07) is 14.9. The Hall–Kier alpha value is -1.87. The normalized spacial score (nSPS) is 10.6. The van der Waals surface area contributed by atoms with Crippen LogP contribution in [0.3, 0.4) is 0 Å². The molecule has 0 heterocycles. The van der Waals surface area contributed by atoms with Gasteiger partial charge in [0, 0.05) is 12.1 Å². The fourth-order valence-corrected chi connectivity index (χ4v) is 2.12. The average Bonchev–Trinajstić information content (AvgIpc) is 2.50. The molecule has 0 bridgehead atoms. The molecular weight excluding hydrogens is 265 g/mol. The summed E-state index contributed by atoms with van der Waals surface area (Å²) < 4.78 is 19.1. The molecule has 0 aromatic heterocycles. The van der Waals surface area contributed by atoms with Gasteiger partial charge >= 0.3 is 0 Å². The van der Waals surface area contributed by atoms with Gasteiger partial charge in [-0.05, 0) is 44.0 Å². The third-order valence-electron chi connectivity index (χ3n) is 3.37. The molecule has 0 spiro atoms. The summed E-state index contributed by atoms with van der Waals surface area (Å²) in [4.78, 5) is 0. The van der Waals surface area contributed by atoms with Crippen molar-refractivity contribution in [1.29, 1.82) is 0 Å². The first-order chi connectivity index (χ1) is 10.3.